The first-order chi connectivity index (χ1) is 13.8. The molecule has 6 heteroatoms. The van der Waals surface area contributed by atoms with Crippen molar-refractivity contribution >= 4 is 11.9 Å². The van der Waals surface area contributed by atoms with Gasteiger partial charge < -0.3 is 20.1 Å². The van der Waals surface area contributed by atoms with Gasteiger partial charge in [-0.25, -0.2) is 9.59 Å². The van der Waals surface area contributed by atoms with E-state index in [2.05, 4.69) is 36.1 Å². The number of carboxylic acids is 1. The number of hydrogen-bond donors (Lipinski definition) is 2. The third kappa shape index (κ3) is 7.47. The maximum Gasteiger partial charge on any atom is 0.417 e. The fraction of sp³-hybridized carbons (Fsp3) is 0.391. The Hall–Kier alpha value is -3.04. The van der Waals surface area contributed by atoms with E-state index in [1.54, 1.807) is 6.92 Å². The molecule has 0 saturated carbocycles. The molecule has 2 aromatic rings. The van der Waals surface area contributed by atoms with Crippen LogP contribution in [0.25, 0.3) is 0 Å². The second-order valence-electron chi connectivity index (χ2n) is 7.45. The molecule has 0 bridgehead atoms. The number of carbonyl (C=O) groups is 2. The highest BCUT2D eigenvalue weighted by molar-refractivity contribution is 6.28. The number of ether oxygens (including phenoxy) is 1. The molecule has 1 atom stereocenters. The molecular formula is C23H28N2O4. The summed E-state index contributed by atoms with van der Waals surface area (Å²) in [5, 5.41) is 8.56. The number of nitrogens with zero attached hydrogens (tertiary/aromatic N) is 1. The number of carbonyl (C=O) groups excluding carboxylic acids is 1. The topological polar surface area (TPSA) is 94.5 Å². The zero-order chi connectivity index (χ0) is 21.3. The quantitative estimate of drug-likeness (QED) is 0.310. The minimum atomic E-state index is -1.62. The highest BCUT2D eigenvalue weighted by Gasteiger charge is 2.23. The van der Waals surface area contributed by atoms with Crippen molar-refractivity contribution < 1.29 is 19.4 Å². The summed E-state index contributed by atoms with van der Waals surface area (Å²) in [6, 6.07) is 14.4. The Balaban J connectivity index is 1.81. The van der Waals surface area contributed by atoms with Crippen molar-refractivity contribution in [2.75, 3.05) is 6.61 Å². The van der Waals surface area contributed by atoms with E-state index in [1.807, 2.05) is 29.8 Å². The largest absolute Gasteiger partial charge is 0.473 e. The average molecular weight is 396 g/mol. The fourth-order valence-electron chi connectivity index (χ4n) is 2.89. The predicted octanol–water partition coefficient (Wildman–Crippen LogP) is 2.68. The number of unbranched alkanes of at least 4 members (excludes halogenated alkanes) is 1. The van der Waals surface area contributed by atoms with Crippen LogP contribution in [0.2, 0.25) is 0 Å². The summed E-state index contributed by atoms with van der Waals surface area (Å²) in [6.45, 7) is 1.59. The smallest absolute Gasteiger partial charge is 0.417 e. The van der Waals surface area contributed by atoms with Crippen LogP contribution in [-0.2, 0) is 34.2 Å². The molecular weight excluding hydrogens is 368 g/mol. The summed E-state index contributed by atoms with van der Waals surface area (Å²) < 4.78 is 6.74. The van der Waals surface area contributed by atoms with Gasteiger partial charge in [-0.05, 0) is 56.2 Å². The standard InChI is InChI=1S/C23H28N2O4/c1-23(24,17-29-22(28)21(26)27)16-15-20-14-13-19(25(20)2)12-8-4-7-11-18-9-5-3-6-10-18/h3,5-6,9-10,13-14H,4,7,11,15-17,24H2,1-2H3,(H,26,27)/t23-/m1/s1. The number of hydrogen-bond acceptors (Lipinski definition) is 4. The van der Waals surface area contributed by atoms with E-state index in [0.717, 1.165) is 30.7 Å². The van der Waals surface area contributed by atoms with Crippen LogP contribution in [0.5, 0.6) is 0 Å². The van der Waals surface area contributed by atoms with Gasteiger partial charge in [0, 0.05) is 24.7 Å². The van der Waals surface area contributed by atoms with Crippen molar-refractivity contribution in [3.05, 3.63) is 59.4 Å². The predicted molar refractivity (Wildman–Crippen MR) is 111 cm³/mol. The minimum absolute atomic E-state index is 0.142. The first kappa shape index (κ1) is 22.3. The Labute approximate surface area is 171 Å². The van der Waals surface area contributed by atoms with E-state index in [9.17, 15) is 9.59 Å². The first-order valence-corrected chi connectivity index (χ1v) is 9.65. The Morgan fingerprint density at radius 1 is 1.17 bits per heavy atom. The molecule has 0 aliphatic carbocycles. The van der Waals surface area contributed by atoms with Crippen molar-refractivity contribution in [1.82, 2.24) is 4.57 Å². The summed E-state index contributed by atoms with van der Waals surface area (Å²) >= 11 is 0. The van der Waals surface area contributed by atoms with Crippen molar-refractivity contribution in [1.29, 1.82) is 0 Å². The molecule has 1 aromatic carbocycles. The molecule has 29 heavy (non-hydrogen) atoms. The normalized spacial score (nSPS) is 12.5. The summed E-state index contributed by atoms with van der Waals surface area (Å²) in [5.74, 6) is 3.55. The average Bonchev–Trinajstić information content (AvgIpc) is 3.05. The lowest BCUT2D eigenvalue weighted by Gasteiger charge is -2.23. The zero-order valence-electron chi connectivity index (χ0n) is 17.0. The van der Waals surface area contributed by atoms with Gasteiger partial charge >= 0.3 is 11.9 Å². The van der Waals surface area contributed by atoms with Gasteiger partial charge in [0.2, 0.25) is 0 Å². The molecule has 0 unspecified atom stereocenters. The lowest BCUT2D eigenvalue weighted by Crippen LogP contribution is -2.43. The van der Waals surface area contributed by atoms with Gasteiger partial charge in [0.1, 0.15) is 6.61 Å². The number of rotatable bonds is 8. The maximum absolute atomic E-state index is 11.1. The van der Waals surface area contributed by atoms with Crippen molar-refractivity contribution in [2.45, 2.75) is 44.6 Å². The number of nitrogens with two attached hydrogens (primary N) is 1. The number of benzene rings is 1. The second-order valence-corrected chi connectivity index (χ2v) is 7.45. The molecule has 0 radical (unpaired) electrons. The number of esters is 1. The third-order valence-corrected chi connectivity index (χ3v) is 4.71. The van der Waals surface area contributed by atoms with Crippen molar-refractivity contribution in [2.24, 2.45) is 12.8 Å². The van der Waals surface area contributed by atoms with Gasteiger partial charge in [-0.3, -0.25) is 0 Å². The fourth-order valence-corrected chi connectivity index (χ4v) is 2.89. The third-order valence-electron chi connectivity index (χ3n) is 4.71. The van der Waals surface area contributed by atoms with Crippen LogP contribution in [0.1, 0.15) is 43.1 Å². The van der Waals surface area contributed by atoms with Crippen LogP contribution in [0.15, 0.2) is 42.5 Å². The molecule has 6 nitrogen and oxygen atoms in total. The van der Waals surface area contributed by atoms with E-state index in [-0.39, 0.29) is 6.61 Å². The van der Waals surface area contributed by atoms with E-state index in [1.165, 1.54) is 5.56 Å². The highest BCUT2D eigenvalue weighted by Crippen LogP contribution is 2.15. The van der Waals surface area contributed by atoms with Crippen LogP contribution in [0.4, 0.5) is 0 Å². The second kappa shape index (κ2) is 10.5. The summed E-state index contributed by atoms with van der Waals surface area (Å²) in [4.78, 5) is 21.6. The maximum atomic E-state index is 11.1. The lowest BCUT2D eigenvalue weighted by molar-refractivity contribution is -0.164. The van der Waals surface area contributed by atoms with E-state index in [0.29, 0.717) is 12.8 Å². The highest BCUT2D eigenvalue weighted by atomic mass is 16.6. The van der Waals surface area contributed by atoms with E-state index < -0.39 is 17.5 Å². The molecule has 0 amide bonds. The van der Waals surface area contributed by atoms with Crippen LogP contribution in [-0.4, -0.2) is 33.8 Å². The molecule has 1 heterocycles. The molecule has 0 saturated heterocycles. The Kier molecular flexibility index (Phi) is 8.05. The lowest BCUT2D eigenvalue weighted by atomic mass is 9.97. The van der Waals surface area contributed by atoms with Crippen molar-refractivity contribution in [3.8, 4) is 11.8 Å². The molecule has 154 valence electrons. The number of aryl methyl sites for hydroxylation is 2. The molecule has 1 aromatic heterocycles. The summed E-state index contributed by atoms with van der Waals surface area (Å²) in [6.07, 6.45) is 4.10. The number of aromatic nitrogens is 1. The number of aliphatic carboxylic acids is 1. The Morgan fingerprint density at radius 2 is 1.90 bits per heavy atom. The van der Waals surface area contributed by atoms with Gasteiger partial charge in [0.05, 0.1) is 5.69 Å². The van der Waals surface area contributed by atoms with Crippen LogP contribution >= 0.6 is 0 Å². The van der Waals surface area contributed by atoms with Crippen molar-refractivity contribution in [3.63, 3.8) is 0 Å². The van der Waals surface area contributed by atoms with E-state index in [4.69, 9.17) is 15.6 Å². The molecule has 0 fully saturated rings. The SMILES string of the molecule is Cn1c(C#CCCCc2ccccc2)ccc1CC[C@@](C)(N)COC(=O)C(=O)O. The molecule has 3 N–H and O–H groups in total. The molecule has 0 aliphatic heterocycles. The number of carboxylic acid groups (broad SMARTS) is 1. The van der Waals surface area contributed by atoms with Gasteiger partial charge in [0.25, 0.3) is 0 Å². The Bertz CT molecular complexity index is 889. The summed E-state index contributed by atoms with van der Waals surface area (Å²) in [7, 11) is 1.96. The monoisotopic (exact) mass is 396 g/mol. The summed E-state index contributed by atoms with van der Waals surface area (Å²) in [5.41, 5.74) is 8.66. The van der Waals surface area contributed by atoms with Gasteiger partial charge in [-0.2, -0.15) is 0 Å². The molecule has 2 rings (SSSR count). The zero-order valence-corrected chi connectivity index (χ0v) is 17.0. The first-order valence-electron chi connectivity index (χ1n) is 9.65. The van der Waals surface area contributed by atoms with Crippen LogP contribution < -0.4 is 5.73 Å². The molecule has 0 spiro atoms. The van der Waals surface area contributed by atoms with Gasteiger partial charge in [0.15, 0.2) is 0 Å². The van der Waals surface area contributed by atoms with E-state index >= 15 is 0 Å². The van der Waals surface area contributed by atoms with Crippen LogP contribution in [0, 0.1) is 11.8 Å². The minimum Gasteiger partial charge on any atom is -0.473 e. The van der Waals surface area contributed by atoms with Gasteiger partial charge in [-0.1, -0.05) is 36.3 Å². The molecule has 0 aliphatic rings. The van der Waals surface area contributed by atoms with Gasteiger partial charge in [-0.15, -0.1) is 0 Å². The van der Waals surface area contributed by atoms with Crippen LogP contribution in [0.3, 0.4) is 0 Å². The Morgan fingerprint density at radius 3 is 2.59 bits per heavy atom.